The number of carbonyl (C=O) groups excluding carboxylic acids is 1. The third-order valence-corrected chi connectivity index (χ3v) is 3.66. The van der Waals surface area contributed by atoms with Crippen LogP contribution in [0, 0.1) is 5.41 Å². The van der Waals surface area contributed by atoms with Gasteiger partial charge in [0.1, 0.15) is 0 Å². The van der Waals surface area contributed by atoms with Crippen molar-refractivity contribution in [3.05, 3.63) is 0 Å². The maximum Gasteiger partial charge on any atom is 0.303 e. The molecule has 0 aromatic rings. The van der Waals surface area contributed by atoms with Crippen molar-refractivity contribution in [1.29, 1.82) is 0 Å². The molecule has 0 atom stereocenters. The molecule has 0 unspecified atom stereocenters. The van der Waals surface area contributed by atoms with Crippen LogP contribution < -0.4 is 0 Å². The van der Waals surface area contributed by atoms with Gasteiger partial charge in [-0.2, -0.15) is 0 Å². The van der Waals surface area contributed by atoms with Gasteiger partial charge in [0, 0.05) is 38.6 Å². The zero-order valence-corrected chi connectivity index (χ0v) is 12.5. The Balaban J connectivity index is 2.45. The third kappa shape index (κ3) is 5.19. The minimum atomic E-state index is -0.845. The van der Waals surface area contributed by atoms with Gasteiger partial charge in [-0.25, -0.2) is 0 Å². The normalized spacial score (nSPS) is 17.8. The molecular formula is C14H26N2O3. The molecule has 0 spiro atoms. The monoisotopic (exact) mass is 270 g/mol. The molecule has 110 valence electrons. The smallest absolute Gasteiger partial charge is 0.303 e. The van der Waals surface area contributed by atoms with Crippen molar-refractivity contribution in [3.8, 4) is 0 Å². The van der Waals surface area contributed by atoms with Crippen molar-refractivity contribution in [3.63, 3.8) is 0 Å². The van der Waals surface area contributed by atoms with E-state index in [4.69, 9.17) is 5.11 Å². The van der Waals surface area contributed by atoms with Crippen LogP contribution in [0.15, 0.2) is 0 Å². The average Bonchev–Trinajstić information content (AvgIpc) is 2.26. The lowest BCUT2D eigenvalue weighted by atomic mass is 9.85. The number of rotatable bonds is 5. The molecule has 0 aromatic heterocycles. The minimum Gasteiger partial charge on any atom is -0.481 e. The first-order chi connectivity index (χ1) is 8.71. The quantitative estimate of drug-likeness (QED) is 0.821. The second-order valence-electron chi connectivity index (χ2n) is 6.42. The van der Waals surface area contributed by atoms with Gasteiger partial charge in [0.05, 0.1) is 6.42 Å². The first-order valence-electron chi connectivity index (χ1n) is 6.95. The fourth-order valence-corrected chi connectivity index (χ4v) is 2.48. The largest absolute Gasteiger partial charge is 0.481 e. The lowest BCUT2D eigenvalue weighted by Crippen LogP contribution is -2.51. The Hall–Kier alpha value is -1.10. The Morgan fingerprint density at radius 1 is 1.11 bits per heavy atom. The molecule has 1 aliphatic heterocycles. The Kier molecular flexibility index (Phi) is 5.35. The predicted molar refractivity (Wildman–Crippen MR) is 73.9 cm³/mol. The van der Waals surface area contributed by atoms with Gasteiger partial charge in [-0.1, -0.05) is 13.8 Å². The first kappa shape index (κ1) is 16.0. The highest BCUT2D eigenvalue weighted by atomic mass is 16.4. The summed E-state index contributed by atoms with van der Waals surface area (Å²) in [4.78, 5) is 27.2. The van der Waals surface area contributed by atoms with Crippen molar-refractivity contribution < 1.29 is 14.7 Å². The molecule has 0 bridgehead atoms. The van der Waals surface area contributed by atoms with E-state index in [1.807, 2.05) is 18.7 Å². The highest BCUT2D eigenvalue weighted by Crippen LogP contribution is 2.26. The Morgan fingerprint density at radius 3 is 2.05 bits per heavy atom. The molecule has 1 fully saturated rings. The van der Waals surface area contributed by atoms with Crippen LogP contribution in [0.4, 0.5) is 0 Å². The number of aliphatic carboxylic acids is 1. The van der Waals surface area contributed by atoms with Gasteiger partial charge in [-0.15, -0.1) is 0 Å². The number of hydrogen-bond donors (Lipinski definition) is 1. The fourth-order valence-electron chi connectivity index (χ4n) is 2.48. The van der Waals surface area contributed by atoms with Gasteiger partial charge < -0.3 is 10.0 Å². The molecule has 0 saturated carbocycles. The summed E-state index contributed by atoms with van der Waals surface area (Å²) in [6, 6.07) is 0.515. The van der Waals surface area contributed by atoms with Crippen LogP contribution >= 0.6 is 0 Å². The van der Waals surface area contributed by atoms with E-state index in [0.717, 1.165) is 26.2 Å². The molecule has 19 heavy (non-hydrogen) atoms. The van der Waals surface area contributed by atoms with Crippen LogP contribution in [-0.2, 0) is 9.59 Å². The third-order valence-electron chi connectivity index (χ3n) is 3.66. The molecule has 1 heterocycles. The summed E-state index contributed by atoms with van der Waals surface area (Å²) in [6.07, 6.45) is 0.339. The topological polar surface area (TPSA) is 60.9 Å². The van der Waals surface area contributed by atoms with Crippen molar-refractivity contribution in [2.24, 2.45) is 5.41 Å². The summed E-state index contributed by atoms with van der Waals surface area (Å²) in [5.74, 6) is -0.767. The van der Waals surface area contributed by atoms with E-state index in [1.54, 1.807) is 0 Å². The average molecular weight is 270 g/mol. The number of hydrogen-bond acceptors (Lipinski definition) is 3. The SMILES string of the molecule is CC(C)N1CCN(C(=O)CC(C)(C)CC(=O)O)CC1. The number of amides is 1. The lowest BCUT2D eigenvalue weighted by Gasteiger charge is -2.38. The molecule has 5 heteroatoms. The number of carbonyl (C=O) groups is 2. The van der Waals surface area contributed by atoms with E-state index in [0.29, 0.717) is 12.5 Å². The summed E-state index contributed by atoms with van der Waals surface area (Å²) in [5, 5.41) is 8.84. The van der Waals surface area contributed by atoms with E-state index in [1.165, 1.54) is 0 Å². The maximum atomic E-state index is 12.2. The van der Waals surface area contributed by atoms with Crippen LogP contribution in [0.1, 0.15) is 40.5 Å². The van der Waals surface area contributed by atoms with Crippen LogP contribution in [-0.4, -0.2) is 59.0 Å². The highest BCUT2D eigenvalue weighted by Gasteiger charge is 2.29. The van der Waals surface area contributed by atoms with Crippen molar-refractivity contribution in [2.75, 3.05) is 26.2 Å². The van der Waals surface area contributed by atoms with Crippen LogP contribution in [0.2, 0.25) is 0 Å². The molecule has 1 saturated heterocycles. The zero-order chi connectivity index (χ0) is 14.6. The van der Waals surface area contributed by atoms with Gasteiger partial charge in [-0.05, 0) is 19.3 Å². The Morgan fingerprint density at radius 2 is 1.63 bits per heavy atom. The standard InChI is InChI=1S/C14H26N2O3/c1-11(2)15-5-7-16(8-6-15)12(17)9-14(3,4)10-13(18)19/h11H,5-10H2,1-4H3,(H,18,19). The number of nitrogens with zero attached hydrogens (tertiary/aromatic N) is 2. The minimum absolute atomic E-state index is 0.0324. The number of piperazine rings is 1. The Labute approximate surface area is 115 Å². The van der Waals surface area contributed by atoms with E-state index in [9.17, 15) is 9.59 Å². The van der Waals surface area contributed by atoms with Crippen LogP contribution in [0.25, 0.3) is 0 Å². The van der Waals surface area contributed by atoms with E-state index in [2.05, 4.69) is 18.7 Å². The summed E-state index contributed by atoms with van der Waals surface area (Å²) in [6.45, 7) is 11.3. The highest BCUT2D eigenvalue weighted by molar-refractivity contribution is 5.78. The molecule has 0 aromatic carbocycles. The Bertz CT molecular complexity index is 332. The molecule has 0 radical (unpaired) electrons. The lowest BCUT2D eigenvalue weighted by molar-refractivity contribution is -0.141. The molecule has 1 amide bonds. The van der Waals surface area contributed by atoms with Gasteiger partial charge in [0.2, 0.25) is 5.91 Å². The number of carboxylic acids is 1. The van der Waals surface area contributed by atoms with Gasteiger partial charge in [0.25, 0.3) is 0 Å². The second-order valence-corrected chi connectivity index (χ2v) is 6.42. The van der Waals surface area contributed by atoms with E-state index < -0.39 is 11.4 Å². The summed E-state index contributed by atoms with van der Waals surface area (Å²) in [5.41, 5.74) is -0.474. The maximum absolute atomic E-state index is 12.2. The van der Waals surface area contributed by atoms with Gasteiger partial charge >= 0.3 is 5.97 Å². The predicted octanol–water partition coefficient (Wildman–Crippen LogP) is 1.43. The molecular weight excluding hydrogens is 244 g/mol. The fraction of sp³-hybridized carbons (Fsp3) is 0.857. The van der Waals surface area contributed by atoms with Gasteiger partial charge in [0.15, 0.2) is 0 Å². The van der Waals surface area contributed by atoms with Crippen molar-refractivity contribution in [1.82, 2.24) is 9.80 Å². The molecule has 1 N–H and O–H groups in total. The number of carboxylic acid groups (broad SMARTS) is 1. The second kappa shape index (κ2) is 6.37. The van der Waals surface area contributed by atoms with Crippen molar-refractivity contribution in [2.45, 2.75) is 46.6 Å². The first-order valence-corrected chi connectivity index (χ1v) is 6.95. The van der Waals surface area contributed by atoms with Crippen molar-refractivity contribution >= 4 is 11.9 Å². The summed E-state index contributed by atoms with van der Waals surface area (Å²) in [7, 11) is 0. The van der Waals surface area contributed by atoms with Crippen LogP contribution in [0.3, 0.4) is 0 Å². The van der Waals surface area contributed by atoms with Gasteiger partial charge in [-0.3, -0.25) is 14.5 Å². The zero-order valence-electron chi connectivity index (χ0n) is 12.5. The molecule has 0 aliphatic carbocycles. The van der Waals surface area contributed by atoms with E-state index >= 15 is 0 Å². The van der Waals surface area contributed by atoms with Crippen LogP contribution in [0.5, 0.6) is 0 Å². The molecule has 1 rings (SSSR count). The van der Waals surface area contributed by atoms with E-state index in [-0.39, 0.29) is 12.3 Å². The summed E-state index contributed by atoms with van der Waals surface area (Å²) < 4.78 is 0. The molecule has 1 aliphatic rings. The molecule has 5 nitrogen and oxygen atoms in total. The summed E-state index contributed by atoms with van der Waals surface area (Å²) >= 11 is 0.